The fourth-order valence-electron chi connectivity index (χ4n) is 8.17. The fourth-order valence-corrected chi connectivity index (χ4v) is 8.17. The molecule has 6 atom stereocenters. The van der Waals surface area contributed by atoms with Crippen LogP contribution < -0.4 is 4.74 Å². The molecule has 0 aliphatic heterocycles. The van der Waals surface area contributed by atoms with Crippen molar-refractivity contribution in [1.29, 1.82) is 0 Å². The van der Waals surface area contributed by atoms with Crippen molar-refractivity contribution in [1.82, 2.24) is 0 Å². The lowest BCUT2D eigenvalue weighted by atomic mass is 9.43. The van der Waals surface area contributed by atoms with Gasteiger partial charge in [-0.05, 0) is 78.2 Å². The molecule has 33 heavy (non-hydrogen) atoms. The van der Waals surface area contributed by atoms with Crippen molar-refractivity contribution in [3.8, 4) is 5.75 Å². The molecule has 0 heterocycles. The van der Waals surface area contributed by atoms with E-state index in [0.29, 0.717) is 30.6 Å². The number of carbonyl (C=O) groups is 1. The molecule has 2 fully saturated rings. The van der Waals surface area contributed by atoms with Gasteiger partial charge in [0.2, 0.25) is 0 Å². The predicted octanol–water partition coefficient (Wildman–Crippen LogP) is 6.26. The zero-order chi connectivity index (χ0) is 22.6. The summed E-state index contributed by atoms with van der Waals surface area (Å²) in [7, 11) is 1.75. The van der Waals surface area contributed by atoms with E-state index >= 15 is 0 Å². The van der Waals surface area contributed by atoms with Crippen LogP contribution in [0.2, 0.25) is 0 Å². The minimum atomic E-state index is -0.234. The third-order valence-corrected chi connectivity index (χ3v) is 9.75. The van der Waals surface area contributed by atoms with Gasteiger partial charge in [0, 0.05) is 17.8 Å². The average molecular weight is 443 g/mol. The van der Waals surface area contributed by atoms with E-state index in [9.17, 15) is 4.79 Å². The standard InChI is InChI=1S/C30H34O3/c1-29-16-14-24-23-12-11-22(32-2)17-21(23)10-13-25(24)30(29)15-6-9-27(26(30)18-28(29)31)33-19-20-7-4-3-5-8-20/h3-9,11-12,17,24-27H,10,13-16,18-19H2,1-2H3/t24-,25-,26+,27+,29-,30+/m1/s1. The maximum absolute atomic E-state index is 13.6. The molecule has 172 valence electrons. The van der Waals surface area contributed by atoms with Crippen LogP contribution in [-0.4, -0.2) is 19.0 Å². The number of fused-ring (bicyclic) bond motifs is 3. The largest absolute Gasteiger partial charge is 0.497 e. The van der Waals surface area contributed by atoms with E-state index in [1.165, 1.54) is 16.7 Å². The first-order valence-corrected chi connectivity index (χ1v) is 12.6. The van der Waals surface area contributed by atoms with Crippen LogP contribution in [0.4, 0.5) is 0 Å². The van der Waals surface area contributed by atoms with Crippen LogP contribution in [0.3, 0.4) is 0 Å². The lowest BCUT2D eigenvalue weighted by molar-refractivity contribution is -0.144. The number of ether oxygens (including phenoxy) is 2. The maximum atomic E-state index is 13.6. The zero-order valence-corrected chi connectivity index (χ0v) is 19.8. The molecule has 0 radical (unpaired) electrons. The van der Waals surface area contributed by atoms with Crippen molar-refractivity contribution >= 4 is 5.78 Å². The first-order chi connectivity index (χ1) is 16.1. The van der Waals surface area contributed by atoms with Gasteiger partial charge in [-0.15, -0.1) is 0 Å². The molecule has 3 nitrogen and oxygen atoms in total. The lowest BCUT2D eigenvalue weighted by Crippen LogP contribution is -2.56. The van der Waals surface area contributed by atoms with Crippen LogP contribution in [-0.2, 0) is 22.6 Å². The Hall–Kier alpha value is -2.39. The smallest absolute Gasteiger partial charge is 0.139 e. The summed E-state index contributed by atoms with van der Waals surface area (Å²) in [5, 5.41) is 0. The van der Waals surface area contributed by atoms with Crippen LogP contribution in [0, 0.1) is 22.7 Å². The van der Waals surface area contributed by atoms with E-state index in [0.717, 1.165) is 37.9 Å². The molecular formula is C30H34O3. The van der Waals surface area contributed by atoms with Gasteiger partial charge in [-0.1, -0.05) is 55.5 Å². The molecule has 4 aliphatic carbocycles. The number of methoxy groups -OCH3 is 1. The molecule has 4 aliphatic rings. The molecule has 0 unspecified atom stereocenters. The van der Waals surface area contributed by atoms with Crippen molar-refractivity contribution in [2.45, 2.75) is 64.1 Å². The van der Waals surface area contributed by atoms with E-state index in [-0.39, 0.29) is 22.9 Å². The van der Waals surface area contributed by atoms with Gasteiger partial charge in [-0.2, -0.15) is 0 Å². The van der Waals surface area contributed by atoms with Crippen molar-refractivity contribution in [3.63, 3.8) is 0 Å². The summed E-state index contributed by atoms with van der Waals surface area (Å²) < 4.78 is 12.1. The Bertz CT molecular complexity index is 1090. The van der Waals surface area contributed by atoms with Crippen molar-refractivity contribution in [2.75, 3.05) is 7.11 Å². The summed E-state index contributed by atoms with van der Waals surface area (Å²) in [6, 6.07) is 17.1. The highest BCUT2D eigenvalue weighted by Gasteiger charge is 2.69. The number of hydrogen-bond acceptors (Lipinski definition) is 3. The fraction of sp³-hybridized carbons (Fsp3) is 0.500. The minimum absolute atomic E-state index is 0.000717. The molecule has 0 N–H and O–H groups in total. The molecule has 6 rings (SSSR count). The molecule has 3 heteroatoms. The number of rotatable bonds is 4. The summed E-state index contributed by atoms with van der Waals surface area (Å²) in [4.78, 5) is 13.6. The number of hydrogen-bond donors (Lipinski definition) is 0. The third-order valence-electron chi connectivity index (χ3n) is 9.75. The number of Topliss-reactive ketones (excluding diaryl/α,β-unsaturated/α-hetero) is 1. The third kappa shape index (κ3) is 3.01. The van der Waals surface area contributed by atoms with Gasteiger partial charge in [0.05, 0.1) is 19.8 Å². The average Bonchev–Trinajstić information content (AvgIpc) is 3.10. The minimum Gasteiger partial charge on any atom is -0.497 e. The number of benzene rings is 2. The number of ketones is 1. The van der Waals surface area contributed by atoms with Crippen LogP contribution >= 0.6 is 0 Å². The van der Waals surface area contributed by atoms with E-state index in [1.54, 1.807) is 7.11 Å². The van der Waals surface area contributed by atoms with Gasteiger partial charge >= 0.3 is 0 Å². The molecule has 0 aromatic heterocycles. The first-order valence-electron chi connectivity index (χ1n) is 12.6. The van der Waals surface area contributed by atoms with Gasteiger partial charge in [-0.3, -0.25) is 4.79 Å². The van der Waals surface area contributed by atoms with Crippen molar-refractivity contribution in [3.05, 3.63) is 77.4 Å². The van der Waals surface area contributed by atoms with Gasteiger partial charge in [0.15, 0.2) is 0 Å². The Morgan fingerprint density at radius 1 is 1.06 bits per heavy atom. The highest BCUT2D eigenvalue weighted by molar-refractivity contribution is 5.89. The lowest BCUT2D eigenvalue weighted by Gasteiger charge is -2.60. The molecule has 2 saturated carbocycles. The summed E-state index contributed by atoms with van der Waals surface area (Å²) >= 11 is 0. The van der Waals surface area contributed by atoms with Gasteiger partial charge in [0.25, 0.3) is 0 Å². The normalized spacial score (nSPS) is 36.5. The van der Waals surface area contributed by atoms with E-state index in [1.807, 2.05) is 6.07 Å². The molecule has 2 aromatic carbocycles. The van der Waals surface area contributed by atoms with Crippen LogP contribution in [0.25, 0.3) is 0 Å². The molecule has 1 spiro atoms. The second-order valence-corrected chi connectivity index (χ2v) is 10.9. The zero-order valence-electron chi connectivity index (χ0n) is 19.8. The topological polar surface area (TPSA) is 35.5 Å². The van der Waals surface area contributed by atoms with Crippen LogP contribution in [0.1, 0.15) is 61.6 Å². The van der Waals surface area contributed by atoms with Crippen molar-refractivity contribution < 1.29 is 14.3 Å². The van der Waals surface area contributed by atoms with Gasteiger partial charge in [-0.25, -0.2) is 0 Å². The van der Waals surface area contributed by atoms with Crippen LogP contribution in [0.5, 0.6) is 5.75 Å². The highest BCUT2D eigenvalue weighted by Crippen LogP contribution is 2.72. The Morgan fingerprint density at radius 3 is 2.73 bits per heavy atom. The monoisotopic (exact) mass is 442 g/mol. The summed E-state index contributed by atoms with van der Waals surface area (Å²) in [5.41, 5.74) is 3.90. The quantitative estimate of drug-likeness (QED) is 0.524. The van der Waals surface area contributed by atoms with E-state index in [2.05, 4.69) is 61.5 Å². The Labute approximate surface area is 197 Å². The van der Waals surface area contributed by atoms with E-state index in [4.69, 9.17) is 9.47 Å². The number of aryl methyl sites for hydroxylation is 1. The molecule has 0 saturated heterocycles. The summed E-state index contributed by atoms with van der Waals surface area (Å²) in [6.45, 7) is 2.90. The maximum Gasteiger partial charge on any atom is 0.139 e. The predicted molar refractivity (Wildman–Crippen MR) is 129 cm³/mol. The number of allylic oxidation sites excluding steroid dienone is 1. The van der Waals surface area contributed by atoms with Gasteiger partial charge in [0.1, 0.15) is 11.5 Å². The van der Waals surface area contributed by atoms with Crippen molar-refractivity contribution in [2.24, 2.45) is 22.7 Å². The van der Waals surface area contributed by atoms with Gasteiger partial charge < -0.3 is 9.47 Å². The highest BCUT2D eigenvalue weighted by atomic mass is 16.5. The molecule has 0 amide bonds. The van der Waals surface area contributed by atoms with Crippen LogP contribution in [0.15, 0.2) is 60.7 Å². The molecule has 0 bridgehead atoms. The summed E-state index contributed by atoms with van der Waals surface area (Å²) in [6.07, 6.45) is 10.6. The Kier molecular flexibility index (Phi) is 5.03. The first kappa shape index (κ1) is 21.2. The Morgan fingerprint density at radius 2 is 1.91 bits per heavy atom. The second kappa shape index (κ2) is 7.84. The Balaban J connectivity index is 1.36. The number of carbonyl (C=O) groups excluding carboxylic acids is 1. The molecule has 2 aromatic rings. The second-order valence-electron chi connectivity index (χ2n) is 10.9. The summed E-state index contributed by atoms with van der Waals surface area (Å²) in [5.74, 6) is 2.76. The molecular weight excluding hydrogens is 408 g/mol. The SMILES string of the molecule is COc1ccc2c(c1)CC[C@@H]1[C@@H]2CC[C@]2(C)C(=O)C[C@H]3[C@@H](OCc4ccccc4)C=CC[C@]132. The van der Waals surface area contributed by atoms with E-state index < -0.39 is 0 Å².